The van der Waals surface area contributed by atoms with Gasteiger partial charge in [-0.05, 0) is 65.0 Å². The maximum absolute atomic E-state index is 12.2. The van der Waals surface area contributed by atoms with Gasteiger partial charge < -0.3 is 14.4 Å². The van der Waals surface area contributed by atoms with Crippen molar-refractivity contribution < 1.29 is 14.3 Å². The van der Waals surface area contributed by atoms with E-state index in [1.165, 1.54) is 0 Å². The lowest BCUT2D eigenvalue weighted by atomic mass is 9.95. The van der Waals surface area contributed by atoms with Crippen molar-refractivity contribution in [3.8, 4) is 0 Å². The molecule has 1 aliphatic heterocycles. The van der Waals surface area contributed by atoms with Crippen molar-refractivity contribution in [1.82, 2.24) is 9.88 Å². The molecule has 0 saturated carbocycles. The Bertz CT molecular complexity index is 513. The zero-order valence-electron chi connectivity index (χ0n) is 15.3. The van der Waals surface area contributed by atoms with Crippen LogP contribution in [0.25, 0.3) is 0 Å². The van der Waals surface area contributed by atoms with Gasteiger partial charge in [-0.2, -0.15) is 0 Å². The lowest BCUT2D eigenvalue weighted by molar-refractivity contribution is 0.0104. The number of hydrogen-bond donors (Lipinski definition) is 0. The molecule has 5 heteroatoms. The highest BCUT2D eigenvalue weighted by Gasteiger charge is 2.27. The fraction of sp³-hybridized carbons (Fsp3) is 0.684. The number of amides is 1. The third kappa shape index (κ3) is 6.11. The second-order valence-electron chi connectivity index (χ2n) is 7.49. The first-order valence-electron chi connectivity index (χ1n) is 8.85. The van der Waals surface area contributed by atoms with Crippen LogP contribution in [0.3, 0.4) is 0 Å². The number of hydrogen-bond acceptors (Lipinski definition) is 4. The number of nitrogens with zero attached hydrogens (tertiary/aromatic N) is 2. The van der Waals surface area contributed by atoms with Crippen LogP contribution >= 0.6 is 0 Å². The lowest BCUT2D eigenvalue weighted by Crippen LogP contribution is -2.43. The SMILES string of the molecule is C[C@@H](OCC[C@@H]1CCCN(C(=O)OC(C)(C)C)C1)c1ccccn1. The summed E-state index contributed by atoms with van der Waals surface area (Å²) in [5.74, 6) is 0.474. The Morgan fingerprint density at radius 2 is 2.21 bits per heavy atom. The lowest BCUT2D eigenvalue weighted by Gasteiger charge is -2.34. The van der Waals surface area contributed by atoms with Gasteiger partial charge in [0.15, 0.2) is 0 Å². The molecule has 5 nitrogen and oxygen atoms in total. The molecule has 1 saturated heterocycles. The third-order valence-corrected chi connectivity index (χ3v) is 4.17. The molecule has 24 heavy (non-hydrogen) atoms. The number of piperidine rings is 1. The Morgan fingerprint density at radius 3 is 2.88 bits per heavy atom. The summed E-state index contributed by atoms with van der Waals surface area (Å²) in [6.07, 6.45) is 4.71. The summed E-state index contributed by atoms with van der Waals surface area (Å²) >= 11 is 0. The van der Waals surface area contributed by atoms with Crippen LogP contribution in [0, 0.1) is 5.92 Å². The zero-order chi connectivity index (χ0) is 17.6. The third-order valence-electron chi connectivity index (χ3n) is 4.17. The van der Waals surface area contributed by atoms with Gasteiger partial charge in [-0.1, -0.05) is 6.07 Å². The average Bonchev–Trinajstić information content (AvgIpc) is 2.54. The molecule has 1 aliphatic rings. The molecule has 0 bridgehead atoms. The number of carbonyl (C=O) groups excluding carboxylic acids is 1. The van der Waals surface area contributed by atoms with E-state index in [-0.39, 0.29) is 12.2 Å². The van der Waals surface area contributed by atoms with Gasteiger partial charge >= 0.3 is 6.09 Å². The standard InChI is InChI=1S/C19H30N2O3/c1-15(17-9-5-6-11-20-17)23-13-10-16-8-7-12-21(14-16)18(22)24-19(2,3)4/h5-6,9,11,15-16H,7-8,10,12-14H2,1-4H3/t15-,16+/m1/s1. The molecule has 134 valence electrons. The number of likely N-dealkylation sites (tertiary alicyclic amines) is 1. The molecule has 0 radical (unpaired) electrons. The van der Waals surface area contributed by atoms with Gasteiger partial charge in [0.2, 0.25) is 0 Å². The molecular formula is C19H30N2O3. The zero-order valence-corrected chi connectivity index (χ0v) is 15.3. The Hall–Kier alpha value is -1.62. The van der Waals surface area contributed by atoms with Crippen LogP contribution in [0.5, 0.6) is 0 Å². The quantitative estimate of drug-likeness (QED) is 0.810. The van der Waals surface area contributed by atoms with Crippen molar-refractivity contribution in [2.75, 3.05) is 19.7 Å². The molecular weight excluding hydrogens is 304 g/mol. The van der Waals surface area contributed by atoms with E-state index in [9.17, 15) is 4.79 Å². The van der Waals surface area contributed by atoms with Gasteiger partial charge in [0, 0.05) is 25.9 Å². The van der Waals surface area contributed by atoms with Gasteiger partial charge in [-0.3, -0.25) is 4.98 Å². The molecule has 2 atom stereocenters. The number of aromatic nitrogens is 1. The topological polar surface area (TPSA) is 51.7 Å². The second-order valence-corrected chi connectivity index (χ2v) is 7.49. The first-order valence-corrected chi connectivity index (χ1v) is 8.85. The first kappa shape index (κ1) is 18.7. The van der Waals surface area contributed by atoms with E-state index in [2.05, 4.69) is 4.98 Å². The van der Waals surface area contributed by atoms with E-state index in [0.717, 1.165) is 38.0 Å². The summed E-state index contributed by atoms with van der Waals surface area (Å²) in [5.41, 5.74) is 0.516. The van der Waals surface area contributed by atoms with Crippen molar-refractivity contribution in [3.63, 3.8) is 0 Å². The summed E-state index contributed by atoms with van der Waals surface area (Å²) in [4.78, 5) is 18.3. The van der Waals surface area contributed by atoms with Crippen LogP contribution in [-0.2, 0) is 9.47 Å². The summed E-state index contributed by atoms with van der Waals surface area (Å²) in [6, 6.07) is 5.86. The molecule has 1 aromatic heterocycles. The van der Waals surface area contributed by atoms with Crippen molar-refractivity contribution in [3.05, 3.63) is 30.1 Å². The van der Waals surface area contributed by atoms with Crippen molar-refractivity contribution in [1.29, 1.82) is 0 Å². The normalized spacial score (nSPS) is 19.8. The summed E-state index contributed by atoms with van der Waals surface area (Å²) < 4.78 is 11.4. The largest absolute Gasteiger partial charge is 0.444 e. The minimum absolute atomic E-state index is 0.00301. The fourth-order valence-corrected chi connectivity index (χ4v) is 2.91. The van der Waals surface area contributed by atoms with E-state index in [1.54, 1.807) is 6.20 Å². The second kappa shape index (κ2) is 8.47. The average molecular weight is 334 g/mol. The first-order chi connectivity index (χ1) is 11.3. The van der Waals surface area contributed by atoms with Gasteiger partial charge in [0.1, 0.15) is 5.60 Å². The fourth-order valence-electron chi connectivity index (χ4n) is 2.91. The van der Waals surface area contributed by atoms with Crippen LogP contribution in [-0.4, -0.2) is 41.3 Å². The Kier molecular flexibility index (Phi) is 6.60. The highest BCUT2D eigenvalue weighted by Crippen LogP contribution is 2.23. The molecule has 2 rings (SSSR count). The molecule has 0 spiro atoms. The summed E-state index contributed by atoms with van der Waals surface area (Å²) in [6.45, 7) is 9.96. The Balaban J connectivity index is 1.74. The van der Waals surface area contributed by atoms with Crippen molar-refractivity contribution in [2.24, 2.45) is 5.92 Å². The number of carbonyl (C=O) groups is 1. The van der Waals surface area contributed by atoms with Crippen LogP contribution in [0.4, 0.5) is 4.79 Å². The monoisotopic (exact) mass is 334 g/mol. The van der Waals surface area contributed by atoms with Crippen LogP contribution in [0.1, 0.15) is 58.8 Å². The smallest absolute Gasteiger partial charge is 0.410 e. The van der Waals surface area contributed by atoms with E-state index in [1.807, 2.05) is 50.8 Å². The molecule has 1 aromatic rings. The van der Waals surface area contributed by atoms with Crippen molar-refractivity contribution in [2.45, 2.75) is 58.7 Å². The van der Waals surface area contributed by atoms with Gasteiger partial charge in [0.25, 0.3) is 0 Å². The minimum atomic E-state index is -0.439. The van der Waals surface area contributed by atoms with Gasteiger partial charge in [-0.15, -0.1) is 0 Å². The molecule has 0 aliphatic carbocycles. The number of rotatable bonds is 5. The predicted molar refractivity (Wildman–Crippen MR) is 93.8 cm³/mol. The molecule has 2 heterocycles. The number of pyridine rings is 1. The highest BCUT2D eigenvalue weighted by molar-refractivity contribution is 5.68. The molecule has 0 aromatic carbocycles. The van der Waals surface area contributed by atoms with Crippen LogP contribution in [0.15, 0.2) is 24.4 Å². The Morgan fingerprint density at radius 1 is 1.42 bits per heavy atom. The van der Waals surface area contributed by atoms with Gasteiger partial charge in [-0.25, -0.2) is 4.79 Å². The number of ether oxygens (including phenoxy) is 2. The summed E-state index contributed by atoms with van der Waals surface area (Å²) in [7, 11) is 0. The van der Waals surface area contributed by atoms with E-state index < -0.39 is 5.60 Å². The van der Waals surface area contributed by atoms with E-state index in [4.69, 9.17) is 9.47 Å². The van der Waals surface area contributed by atoms with E-state index in [0.29, 0.717) is 12.5 Å². The maximum Gasteiger partial charge on any atom is 0.410 e. The maximum atomic E-state index is 12.2. The minimum Gasteiger partial charge on any atom is -0.444 e. The van der Waals surface area contributed by atoms with E-state index >= 15 is 0 Å². The van der Waals surface area contributed by atoms with Crippen LogP contribution in [0.2, 0.25) is 0 Å². The molecule has 0 unspecified atom stereocenters. The predicted octanol–water partition coefficient (Wildman–Crippen LogP) is 4.20. The van der Waals surface area contributed by atoms with Crippen LogP contribution < -0.4 is 0 Å². The highest BCUT2D eigenvalue weighted by atomic mass is 16.6. The molecule has 1 amide bonds. The molecule has 1 fully saturated rings. The Labute approximate surface area is 145 Å². The summed E-state index contributed by atoms with van der Waals surface area (Å²) in [5, 5.41) is 0. The van der Waals surface area contributed by atoms with Gasteiger partial charge in [0.05, 0.1) is 11.8 Å². The molecule has 0 N–H and O–H groups in total. The van der Waals surface area contributed by atoms with Crippen molar-refractivity contribution >= 4 is 6.09 Å².